The summed E-state index contributed by atoms with van der Waals surface area (Å²) in [5.74, 6) is -1.20. The van der Waals surface area contributed by atoms with Gasteiger partial charge >= 0.3 is 0 Å². The van der Waals surface area contributed by atoms with Gasteiger partial charge in [-0.2, -0.15) is 0 Å². The number of aliphatic imine (C=N–C) groups is 1. The monoisotopic (exact) mass is 579 g/mol. The third-order valence-electron chi connectivity index (χ3n) is 6.57. The highest BCUT2D eigenvalue weighted by Crippen LogP contribution is 2.29. The Morgan fingerprint density at radius 1 is 1.05 bits per heavy atom. The van der Waals surface area contributed by atoms with Crippen molar-refractivity contribution in [3.8, 4) is 0 Å². The number of fused-ring (bicyclic) bond motifs is 1. The van der Waals surface area contributed by atoms with Crippen LogP contribution in [-0.4, -0.2) is 61.7 Å². The number of amides is 3. The molecule has 208 valence electrons. The van der Waals surface area contributed by atoms with E-state index >= 15 is 0 Å². The highest BCUT2D eigenvalue weighted by molar-refractivity contribution is 6.35. The summed E-state index contributed by atoms with van der Waals surface area (Å²) in [4.78, 5) is 47.1. The van der Waals surface area contributed by atoms with E-state index < -0.39 is 12.1 Å². The predicted octanol–water partition coefficient (Wildman–Crippen LogP) is 4.30. The zero-order valence-electron chi connectivity index (χ0n) is 22.4. The fourth-order valence-electron chi connectivity index (χ4n) is 4.52. The molecule has 4 rings (SSSR count). The summed E-state index contributed by atoms with van der Waals surface area (Å²) in [5.41, 5.74) is 9.23. The van der Waals surface area contributed by atoms with Gasteiger partial charge in [-0.25, -0.2) is 4.99 Å². The summed E-state index contributed by atoms with van der Waals surface area (Å²) in [6, 6.07) is 19.4. The lowest BCUT2D eigenvalue weighted by molar-refractivity contribution is -0.127. The molecule has 0 aliphatic carbocycles. The maximum Gasteiger partial charge on any atom is 0.272 e. The third kappa shape index (κ3) is 7.07. The fraction of sp³-hybridized carbons (Fsp3) is 0.267. The Hall–Kier alpha value is -3.72. The van der Waals surface area contributed by atoms with Gasteiger partial charge in [-0.3, -0.25) is 14.4 Å². The molecule has 8 nitrogen and oxygen atoms in total. The molecule has 3 aromatic rings. The quantitative estimate of drug-likeness (QED) is 0.373. The van der Waals surface area contributed by atoms with Crippen LogP contribution in [0.25, 0.3) is 0 Å². The van der Waals surface area contributed by atoms with Crippen LogP contribution in [0.3, 0.4) is 0 Å². The van der Waals surface area contributed by atoms with Crippen LogP contribution in [-0.2, 0) is 16.0 Å². The minimum atomic E-state index is -1.15. The molecule has 3 N–H and O–H groups in total. The van der Waals surface area contributed by atoms with E-state index in [-0.39, 0.29) is 18.2 Å². The average Bonchev–Trinajstić information content (AvgIpc) is 3.03. The second-order valence-electron chi connectivity index (χ2n) is 9.79. The SMILES string of the molecule is CN(C)CCCN1C(=O)C(NC(=O)CCc2ccc(Cl)cc2Cl)N=C(c2ccc(C(N)=O)cc2)c2ccccc21. The molecule has 1 aliphatic rings. The maximum atomic E-state index is 13.9. The number of hydrogen-bond acceptors (Lipinski definition) is 5. The number of anilines is 1. The van der Waals surface area contributed by atoms with E-state index in [0.717, 1.165) is 24.1 Å². The summed E-state index contributed by atoms with van der Waals surface area (Å²) in [7, 11) is 3.95. The first kappa shape index (κ1) is 29.3. The lowest BCUT2D eigenvalue weighted by Gasteiger charge is -2.26. The zero-order chi connectivity index (χ0) is 28.8. The van der Waals surface area contributed by atoms with Crippen LogP contribution in [0.1, 0.15) is 39.9 Å². The molecule has 0 bridgehead atoms. The second kappa shape index (κ2) is 13.1. The number of halogens is 2. The summed E-state index contributed by atoms with van der Waals surface area (Å²) < 4.78 is 0. The molecule has 0 saturated heterocycles. The van der Waals surface area contributed by atoms with Crippen molar-refractivity contribution < 1.29 is 14.4 Å². The van der Waals surface area contributed by atoms with Gasteiger partial charge in [0.15, 0.2) is 0 Å². The Bertz CT molecular complexity index is 1440. The van der Waals surface area contributed by atoms with Gasteiger partial charge in [0.2, 0.25) is 18.0 Å². The number of nitrogens with two attached hydrogens (primary N) is 1. The van der Waals surface area contributed by atoms with Gasteiger partial charge in [-0.1, -0.05) is 59.6 Å². The number of aryl methyl sites for hydroxylation is 1. The largest absolute Gasteiger partial charge is 0.366 e. The number of carbonyl (C=O) groups excluding carboxylic acids is 3. The molecule has 10 heteroatoms. The number of hydrogen-bond donors (Lipinski definition) is 2. The van der Waals surface area contributed by atoms with Crippen molar-refractivity contribution in [2.75, 3.05) is 32.1 Å². The van der Waals surface area contributed by atoms with Crippen molar-refractivity contribution in [2.45, 2.75) is 25.4 Å². The fourth-order valence-corrected chi connectivity index (χ4v) is 5.02. The molecule has 0 fully saturated rings. The Labute approximate surface area is 243 Å². The molecule has 0 radical (unpaired) electrons. The molecule has 0 spiro atoms. The molecule has 3 aromatic carbocycles. The predicted molar refractivity (Wildman–Crippen MR) is 159 cm³/mol. The molecule has 1 heterocycles. The number of carbonyl (C=O) groups is 3. The molecule has 0 saturated carbocycles. The number of primary amides is 1. The molecular formula is C30H31Cl2N5O3. The van der Waals surface area contributed by atoms with Crippen LogP contribution < -0.4 is 16.0 Å². The maximum absolute atomic E-state index is 13.9. The van der Waals surface area contributed by atoms with Crippen molar-refractivity contribution in [2.24, 2.45) is 10.7 Å². The Morgan fingerprint density at radius 3 is 2.45 bits per heavy atom. The minimum Gasteiger partial charge on any atom is -0.366 e. The van der Waals surface area contributed by atoms with E-state index in [1.165, 1.54) is 0 Å². The van der Waals surface area contributed by atoms with Crippen LogP contribution in [0.2, 0.25) is 10.0 Å². The number of nitrogens with one attached hydrogen (secondary N) is 1. The van der Waals surface area contributed by atoms with Crippen molar-refractivity contribution >= 4 is 52.3 Å². The number of para-hydroxylation sites is 1. The van der Waals surface area contributed by atoms with E-state index in [1.54, 1.807) is 47.4 Å². The van der Waals surface area contributed by atoms with Gasteiger partial charge in [0.1, 0.15) is 0 Å². The molecule has 1 atom stereocenters. The van der Waals surface area contributed by atoms with E-state index in [0.29, 0.717) is 45.5 Å². The summed E-state index contributed by atoms with van der Waals surface area (Å²) in [6.07, 6.45) is 0.0639. The minimum absolute atomic E-state index is 0.108. The molecule has 40 heavy (non-hydrogen) atoms. The van der Waals surface area contributed by atoms with E-state index in [1.807, 2.05) is 38.4 Å². The number of benzodiazepines with no additional fused rings is 1. The normalized spacial score (nSPS) is 14.9. The molecule has 1 unspecified atom stereocenters. The Morgan fingerprint density at radius 2 is 1.77 bits per heavy atom. The topological polar surface area (TPSA) is 108 Å². The smallest absolute Gasteiger partial charge is 0.272 e. The second-order valence-corrected chi connectivity index (χ2v) is 10.6. The Balaban J connectivity index is 1.67. The first-order valence-corrected chi connectivity index (χ1v) is 13.7. The third-order valence-corrected chi connectivity index (χ3v) is 7.16. The van der Waals surface area contributed by atoms with Gasteiger partial charge < -0.3 is 20.9 Å². The molecule has 3 amide bonds. The van der Waals surface area contributed by atoms with Crippen molar-refractivity contribution in [3.05, 3.63) is 99.0 Å². The van der Waals surface area contributed by atoms with Crippen LogP contribution in [0.15, 0.2) is 71.7 Å². The standard InChI is InChI=1S/C30H31Cl2N5O3/c1-36(2)16-5-17-37-25-7-4-3-6-23(25)27(20-8-10-21(11-9-20)28(33)39)35-29(30(37)40)34-26(38)15-13-19-12-14-22(31)18-24(19)32/h3-4,6-12,14,18,29H,5,13,15-17H2,1-2H3,(H2,33,39)(H,34,38). The highest BCUT2D eigenvalue weighted by atomic mass is 35.5. The van der Waals surface area contributed by atoms with Crippen LogP contribution in [0, 0.1) is 0 Å². The lowest BCUT2D eigenvalue weighted by Crippen LogP contribution is -2.48. The van der Waals surface area contributed by atoms with Crippen LogP contribution in [0.5, 0.6) is 0 Å². The molecular weight excluding hydrogens is 549 g/mol. The van der Waals surface area contributed by atoms with Gasteiger partial charge in [0.25, 0.3) is 5.91 Å². The van der Waals surface area contributed by atoms with Crippen LogP contribution in [0.4, 0.5) is 5.69 Å². The van der Waals surface area contributed by atoms with Gasteiger partial charge in [-0.05, 0) is 69.4 Å². The number of benzene rings is 3. The van der Waals surface area contributed by atoms with Gasteiger partial charge in [-0.15, -0.1) is 0 Å². The van der Waals surface area contributed by atoms with Crippen LogP contribution >= 0.6 is 23.2 Å². The lowest BCUT2D eigenvalue weighted by atomic mass is 9.99. The van der Waals surface area contributed by atoms with Crippen molar-refractivity contribution in [1.82, 2.24) is 10.2 Å². The Kier molecular flexibility index (Phi) is 9.58. The molecule has 1 aliphatic heterocycles. The summed E-state index contributed by atoms with van der Waals surface area (Å²) >= 11 is 12.3. The summed E-state index contributed by atoms with van der Waals surface area (Å²) in [5, 5.41) is 3.83. The number of nitrogens with zero attached hydrogens (tertiary/aromatic N) is 3. The highest BCUT2D eigenvalue weighted by Gasteiger charge is 2.32. The average molecular weight is 581 g/mol. The first-order valence-electron chi connectivity index (χ1n) is 12.9. The summed E-state index contributed by atoms with van der Waals surface area (Å²) in [6.45, 7) is 1.23. The molecule has 0 aromatic heterocycles. The number of rotatable bonds is 10. The van der Waals surface area contributed by atoms with Gasteiger partial charge in [0, 0.05) is 39.7 Å². The van der Waals surface area contributed by atoms with Crippen molar-refractivity contribution in [1.29, 1.82) is 0 Å². The van der Waals surface area contributed by atoms with Gasteiger partial charge in [0.05, 0.1) is 11.4 Å². The zero-order valence-corrected chi connectivity index (χ0v) is 23.9. The van der Waals surface area contributed by atoms with E-state index in [2.05, 4.69) is 10.2 Å². The van der Waals surface area contributed by atoms with E-state index in [9.17, 15) is 14.4 Å². The van der Waals surface area contributed by atoms with E-state index in [4.69, 9.17) is 33.9 Å². The van der Waals surface area contributed by atoms with Crippen molar-refractivity contribution in [3.63, 3.8) is 0 Å². The first-order chi connectivity index (χ1) is 19.1.